The lowest BCUT2D eigenvalue weighted by Gasteiger charge is -2.70. The van der Waals surface area contributed by atoms with Gasteiger partial charge in [0, 0.05) is 5.92 Å². The van der Waals surface area contributed by atoms with E-state index in [1.54, 1.807) is 6.92 Å². The van der Waals surface area contributed by atoms with Crippen molar-refractivity contribution in [2.75, 3.05) is 0 Å². The molecule has 4 nitrogen and oxygen atoms in total. The first-order valence-corrected chi connectivity index (χ1v) is 13.8. The Morgan fingerprint density at radius 3 is 2.30 bits per heavy atom. The van der Waals surface area contributed by atoms with Crippen LogP contribution in [0.1, 0.15) is 106 Å². The Bertz CT molecular complexity index is 780. The zero-order valence-electron chi connectivity index (χ0n) is 21.9. The number of carboxylic acids is 1. The van der Waals surface area contributed by atoms with Crippen LogP contribution in [-0.4, -0.2) is 28.6 Å². The van der Waals surface area contributed by atoms with Gasteiger partial charge in [0.25, 0.3) is 0 Å². The van der Waals surface area contributed by atoms with E-state index in [4.69, 9.17) is 0 Å². The van der Waals surface area contributed by atoms with Crippen LogP contribution in [0.2, 0.25) is 0 Å². The highest BCUT2D eigenvalue weighted by Crippen LogP contribution is 2.73. The van der Waals surface area contributed by atoms with Gasteiger partial charge in [-0.3, -0.25) is 4.79 Å². The number of hydrogen-bond donors (Lipinski definition) is 2. The van der Waals surface area contributed by atoms with Crippen LogP contribution in [0.3, 0.4) is 0 Å². The van der Waals surface area contributed by atoms with Crippen LogP contribution in [0.15, 0.2) is 0 Å². The average molecular weight is 461 g/mol. The van der Waals surface area contributed by atoms with Crippen molar-refractivity contribution in [1.82, 2.24) is 0 Å². The molecular formula is C29H48O4. The summed E-state index contributed by atoms with van der Waals surface area (Å²) in [6, 6.07) is 0. The second-order valence-corrected chi connectivity index (χ2v) is 13.6. The maximum Gasteiger partial charge on any atom is 0.310 e. The normalized spacial score (nSPS) is 51.4. The molecular weight excluding hydrogens is 412 g/mol. The van der Waals surface area contributed by atoms with Gasteiger partial charge < -0.3 is 15.0 Å². The van der Waals surface area contributed by atoms with Crippen LogP contribution in [0, 0.1) is 57.2 Å². The minimum absolute atomic E-state index is 0.0257. The standard InChI is InChI=1S/C29H48O4/c1-7-23-28(6)12-9-20-21-16-18(2)8-11-26(21,4)14-15-27(20,5)24(28)10-13-29(23,25(32)33)19(3)22(31)17-30/h17-24,31H,7-16H2,1-6H3,(H,32,33). The Morgan fingerprint density at radius 1 is 1.00 bits per heavy atom. The summed E-state index contributed by atoms with van der Waals surface area (Å²) in [4.78, 5) is 24.4. The van der Waals surface area contributed by atoms with E-state index in [1.807, 2.05) is 0 Å². The molecule has 0 bridgehead atoms. The summed E-state index contributed by atoms with van der Waals surface area (Å²) in [5.74, 6) is 1.46. The second kappa shape index (κ2) is 8.35. The molecule has 0 aromatic rings. The summed E-state index contributed by atoms with van der Waals surface area (Å²) in [5, 5.41) is 21.1. The largest absolute Gasteiger partial charge is 0.481 e. The van der Waals surface area contributed by atoms with Gasteiger partial charge in [-0.15, -0.1) is 0 Å². The van der Waals surface area contributed by atoms with Gasteiger partial charge in [0.15, 0.2) is 0 Å². The molecule has 0 spiro atoms. The van der Waals surface area contributed by atoms with Crippen molar-refractivity contribution >= 4 is 12.3 Å². The van der Waals surface area contributed by atoms with Gasteiger partial charge >= 0.3 is 5.97 Å². The monoisotopic (exact) mass is 460 g/mol. The van der Waals surface area contributed by atoms with Crippen LogP contribution < -0.4 is 0 Å². The Morgan fingerprint density at radius 2 is 1.70 bits per heavy atom. The molecule has 4 heteroatoms. The molecule has 11 unspecified atom stereocenters. The summed E-state index contributed by atoms with van der Waals surface area (Å²) in [6.07, 6.45) is 10.5. The van der Waals surface area contributed by atoms with Crippen molar-refractivity contribution < 1.29 is 19.8 Å². The fourth-order valence-corrected chi connectivity index (χ4v) is 10.6. The highest BCUT2D eigenvalue weighted by atomic mass is 16.4. The number of carbonyl (C=O) groups is 2. The molecule has 4 saturated carbocycles. The molecule has 4 aliphatic rings. The molecule has 4 fully saturated rings. The lowest BCUT2D eigenvalue weighted by Crippen LogP contribution is -2.65. The van der Waals surface area contributed by atoms with Gasteiger partial charge in [-0.05, 0) is 97.2 Å². The Balaban J connectivity index is 1.74. The molecule has 0 heterocycles. The molecule has 4 rings (SSSR count). The van der Waals surface area contributed by atoms with Crippen LogP contribution in [0.25, 0.3) is 0 Å². The first-order valence-electron chi connectivity index (χ1n) is 13.8. The Labute approximate surface area is 201 Å². The van der Waals surface area contributed by atoms with Crippen LogP contribution in [0.5, 0.6) is 0 Å². The van der Waals surface area contributed by atoms with Gasteiger partial charge in [-0.25, -0.2) is 0 Å². The van der Waals surface area contributed by atoms with E-state index < -0.39 is 23.4 Å². The Hall–Kier alpha value is -0.900. The zero-order valence-corrected chi connectivity index (χ0v) is 21.9. The van der Waals surface area contributed by atoms with Crippen LogP contribution in [-0.2, 0) is 9.59 Å². The van der Waals surface area contributed by atoms with E-state index in [-0.39, 0.29) is 16.7 Å². The summed E-state index contributed by atoms with van der Waals surface area (Å²) in [7, 11) is 0. The number of rotatable bonds is 5. The second-order valence-electron chi connectivity index (χ2n) is 13.6. The molecule has 0 aliphatic heterocycles. The van der Waals surface area contributed by atoms with Gasteiger partial charge in [-0.2, -0.15) is 0 Å². The highest BCUT2D eigenvalue weighted by molar-refractivity contribution is 5.77. The topological polar surface area (TPSA) is 74.6 Å². The zero-order chi connectivity index (χ0) is 24.4. The van der Waals surface area contributed by atoms with E-state index in [1.165, 1.54) is 38.5 Å². The SMILES string of the molecule is CCC1C2(C)CCC3C4CC(C)CCC4(C)CCC3(C)C2CCC1(C(=O)O)C(C)C(O)C=O. The van der Waals surface area contributed by atoms with Gasteiger partial charge in [-0.1, -0.05) is 54.4 Å². The van der Waals surface area contributed by atoms with Crippen molar-refractivity contribution in [2.45, 2.75) is 112 Å². The highest BCUT2D eigenvalue weighted by Gasteiger charge is 2.68. The molecule has 2 N–H and O–H groups in total. The fraction of sp³-hybridized carbons (Fsp3) is 0.931. The number of aliphatic hydroxyl groups excluding tert-OH is 1. The molecule has 188 valence electrons. The van der Waals surface area contributed by atoms with E-state index in [0.29, 0.717) is 24.0 Å². The molecule has 11 atom stereocenters. The lowest BCUT2D eigenvalue weighted by molar-refractivity contribution is -0.224. The number of hydrogen-bond acceptors (Lipinski definition) is 3. The number of aldehydes is 1. The lowest BCUT2D eigenvalue weighted by atomic mass is 9.34. The number of aliphatic carboxylic acids is 1. The summed E-state index contributed by atoms with van der Waals surface area (Å²) < 4.78 is 0. The minimum atomic E-state index is -1.22. The number of carbonyl (C=O) groups excluding carboxylic acids is 1. The maximum absolute atomic E-state index is 12.9. The summed E-state index contributed by atoms with van der Waals surface area (Å²) in [5.41, 5.74) is -0.358. The Kier molecular flexibility index (Phi) is 6.37. The molecule has 33 heavy (non-hydrogen) atoms. The van der Waals surface area contributed by atoms with Crippen molar-refractivity contribution in [3.05, 3.63) is 0 Å². The quantitative estimate of drug-likeness (QED) is 0.469. The molecule has 0 saturated heterocycles. The number of aliphatic hydroxyl groups is 1. The van der Waals surface area contributed by atoms with Crippen LogP contribution >= 0.6 is 0 Å². The molecule has 0 radical (unpaired) electrons. The van der Waals surface area contributed by atoms with Crippen LogP contribution in [0.4, 0.5) is 0 Å². The summed E-state index contributed by atoms with van der Waals surface area (Å²) in [6.45, 7) is 13.9. The van der Waals surface area contributed by atoms with Crippen molar-refractivity contribution in [3.8, 4) is 0 Å². The summed E-state index contributed by atoms with van der Waals surface area (Å²) >= 11 is 0. The third kappa shape index (κ3) is 3.39. The average Bonchev–Trinajstić information content (AvgIpc) is 2.77. The van der Waals surface area contributed by atoms with Gasteiger partial charge in [0.2, 0.25) is 0 Å². The van der Waals surface area contributed by atoms with Gasteiger partial charge in [0.05, 0.1) is 5.41 Å². The van der Waals surface area contributed by atoms with Crippen molar-refractivity contribution in [3.63, 3.8) is 0 Å². The van der Waals surface area contributed by atoms with E-state index in [0.717, 1.165) is 37.0 Å². The smallest absolute Gasteiger partial charge is 0.310 e. The first-order chi connectivity index (χ1) is 15.4. The van der Waals surface area contributed by atoms with Crippen molar-refractivity contribution in [2.24, 2.45) is 57.2 Å². The predicted molar refractivity (Wildman–Crippen MR) is 131 cm³/mol. The molecule has 4 aliphatic carbocycles. The number of fused-ring (bicyclic) bond motifs is 5. The van der Waals surface area contributed by atoms with Gasteiger partial charge in [0.1, 0.15) is 12.4 Å². The molecule has 0 aromatic heterocycles. The predicted octanol–water partition coefficient (Wildman–Crippen LogP) is 6.35. The first kappa shape index (κ1) is 25.2. The third-order valence-corrected chi connectivity index (χ3v) is 12.4. The van der Waals surface area contributed by atoms with E-state index in [2.05, 4.69) is 34.6 Å². The van der Waals surface area contributed by atoms with E-state index >= 15 is 0 Å². The fourth-order valence-electron chi connectivity index (χ4n) is 10.6. The maximum atomic E-state index is 12.9. The van der Waals surface area contributed by atoms with Crippen molar-refractivity contribution in [1.29, 1.82) is 0 Å². The third-order valence-electron chi connectivity index (χ3n) is 12.4. The van der Waals surface area contributed by atoms with E-state index in [9.17, 15) is 19.8 Å². The molecule has 0 amide bonds. The molecule has 0 aromatic carbocycles. The minimum Gasteiger partial charge on any atom is -0.481 e. The number of carboxylic acid groups (broad SMARTS) is 1.